The van der Waals surface area contributed by atoms with Crippen molar-refractivity contribution in [3.8, 4) is 0 Å². The molecule has 0 aromatic heterocycles. The van der Waals surface area contributed by atoms with Crippen LogP contribution in [0.25, 0.3) is 0 Å². The fraction of sp³-hybridized carbons (Fsp3) is 0.867. The van der Waals surface area contributed by atoms with Crippen LogP contribution in [-0.4, -0.2) is 47.6 Å². The van der Waals surface area contributed by atoms with Crippen molar-refractivity contribution >= 4 is 11.9 Å². The average molecular weight is 284 g/mol. The molecule has 1 aliphatic carbocycles. The van der Waals surface area contributed by atoms with E-state index >= 15 is 0 Å². The van der Waals surface area contributed by atoms with E-state index in [1.54, 1.807) is 4.90 Å². The second kappa shape index (κ2) is 9.75. The summed E-state index contributed by atoms with van der Waals surface area (Å²) in [5.41, 5.74) is 0. The maximum atomic E-state index is 12.0. The van der Waals surface area contributed by atoms with Gasteiger partial charge in [-0.05, 0) is 25.8 Å². The maximum Gasteiger partial charge on any atom is 0.317 e. The van der Waals surface area contributed by atoms with Crippen molar-refractivity contribution in [1.82, 2.24) is 10.2 Å². The summed E-state index contributed by atoms with van der Waals surface area (Å²) in [5.74, 6) is -0.914. The number of hydrogen-bond donors (Lipinski definition) is 2. The largest absolute Gasteiger partial charge is 0.480 e. The summed E-state index contributed by atoms with van der Waals surface area (Å²) in [6, 6.07) is 0.274. The molecule has 0 aromatic rings. The molecule has 0 aromatic carbocycles. The van der Waals surface area contributed by atoms with Gasteiger partial charge in [0, 0.05) is 6.04 Å². The molecule has 0 saturated heterocycles. The molecule has 0 bridgehead atoms. The zero-order valence-corrected chi connectivity index (χ0v) is 12.6. The predicted molar refractivity (Wildman–Crippen MR) is 78.6 cm³/mol. The summed E-state index contributed by atoms with van der Waals surface area (Å²) < 4.78 is 0. The minimum absolute atomic E-state index is 0.0368. The number of carboxylic acids is 1. The van der Waals surface area contributed by atoms with Crippen molar-refractivity contribution in [3.05, 3.63) is 0 Å². The van der Waals surface area contributed by atoms with Crippen LogP contribution in [0.4, 0.5) is 0 Å². The lowest BCUT2D eigenvalue weighted by molar-refractivity contribution is -0.138. The molecule has 0 radical (unpaired) electrons. The maximum absolute atomic E-state index is 12.0. The molecule has 0 heterocycles. The van der Waals surface area contributed by atoms with Gasteiger partial charge in [-0.15, -0.1) is 0 Å². The number of nitrogens with one attached hydrogen (secondary N) is 1. The van der Waals surface area contributed by atoms with Crippen molar-refractivity contribution in [1.29, 1.82) is 0 Å². The van der Waals surface area contributed by atoms with E-state index in [4.69, 9.17) is 5.11 Å². The van der Waals surface area contributed by atoms with Crippen LogP contribution in [0.3, 0.4) is 0 Å². The van der Waals surface area contributed by atoms with Crippen LogP contribution in [-0.2, 0) is 9.59 Å². The summed E-state index contributed by atoms with van der Waals surface area (Å²) in [6.45, 7) is 2.76. The topological polar surface area (TPSA) is 69.6 Å². The number of carboxylic acid groups (broad SMARTS) is 1. The van der Waals surface area contributed by atoms with Crippen LogP contribution in [0.1, 0.15) is 58.3 Å². The number of hydrogen-bond acceptors (Lipinski definition) is 3. The number of carbonyl (C=O) groups excluding carboxylic acids is 1. The summed E-state index contributed by atoms with van der Waals surface area (Å²) in [5, 5.41) is 11.9. The molecule has 1 rings (SSSR count). The highest BCUT2D eigenvalue weighted by molar-refractivity contribution is 5.79. The minimum Gasteiger partial charge on any atom is -0.480 e. The lowest BCUT2D eigenvalue weighted by Crippen LogP contribution is -2.44. The van der Waals surface area contributed by atoms with Crippen LogP contribution in [0.15, 0.2) is 0 Å². The third-order valence-electron chi connectivity index (χ3n) is 3.74. The van der Waals surface area contributed by atoms with Crippen molar-refractivity contribution in [2.75, 3.05) is 19.6 Å². The normalized spacial score (nSPS) is 17.5. The van der Waals surface area contributed by atoms with Gasteiger partial charge in [0.2, 0.25) is 5.91 Å². The van der Waals surface area contributed by atoms with Gasteiger partial charge in [0.25, 0.3) is 0 Å². The quantitative estimate of drug-likeness (QED) is 0.750. The Balaban J connectivity index is 2.36. The molecule has 116 valence electrons. The second-order valence-electron chi connectivity index (χ2n) is 5.71. The molecule has 1 aliphatic rings. The summed E-state index contributed by atoms with van der Waals surface area (Å²) >= 11 is 0. The molecular formula is C15H28N2O3. The highest BCUT2D eigenvalue weighted by Crippen LogP contribution is 2.16. The van der Waals surface area contributed by atoms with E-state index in [9.17, 15) is 9.59 Å². The van der Waals surface area contributed by atoms with Crippen LogP contribution in [0.2, 0.25) is 0 Å². The van der Waals surface area contributed by atoms with Gasteiger partial charge in [-0.3, -0.25) is 14.5 Å². The first-order valence-electron chi connectivity index (χ1n) is 7.85. The van der Waals surface area contributed by atoms with E-state index in [2.05, 4.69) is 5.32 Å². The molecule has 0 spiro atoms. The SMILES string of the molecule is CCCN(CC(=O)O)CC(=O)NC1CCCCCCC1. The van der Waals surface area contributed by atoms with Crippen molar-refractivity contribution in [2.45, 2.75) is 64.3 Å². The molecule has 0 atom stereocenters. The number of carbonyl (C=O) groups is 2. The van der Waals surface area contributed by atoms with Crippen molar-refractivity contribution in [2.24, 2.45) is 0 Å². The lowest BCUT2D eigenvalue weighted by atomic mass is 9.97. The Morgan fingerprint density at radius 1 is 1.10 bits per heavy atom. The standard InChI is InChI=1S/C15H28N2O3/c1-2-10-17(12-15(19)20)11-14(18)16-13-8-6-4-3-5-7-9-13/h13H,2-12H2,1H3,(H,16,18)(H,19,20). The number of rotatable bonds is 7. The second-order valence-corrected chi connectivity index (χ2v) is 5.71. The van der Waals surface area contributed by atoms with Crippen LogP contribution >= 0.6 is 0 Å². The number of nitrogens with zero attached hydrogens (tertiary/aromatic N) is 1. The fourth-order valence-electron chi connectivity index (χ4n) is 2.80. The van der Waals surface area contributed by atoms with Gasteiger partial charge in [0.15, 0.2) is 0 Å². The Labute approximate surface area is 121 Å². The highest BCUT2D eigenvalue weighted by atomic mass is 16.4. The highest BCUT2D eigenvalue weighted by Gasteiger charge is 2.17. The van der Waals surface area contributed by atoms with E-state index in [1.165, 1.54) is 32.1 Å². The molecule has 1 fully saturated rings. The molecule has 20 heavy (non-hydrogen) atoms. The van der Waals surface area contributed by atoms with Crippen LogP contribution in [0, 0.1) is 0 Å². The summed E-state index contributed by atoms with van der Waals surface area (Å²) in [4.78, 5) is 24.5. The molecular weight excluding hydrogens is 256 g/mol. The Morgan fingerprint density at radius 2 is 1.70 bits per heavy atom. The third kappa shape index (κ3) is 7.48. The lowest BCUT2D eigenvalue weighted by Gasteiger charge is -2.24. The number of aliphatic carboxylic acids is 1. The Hall–Kier alpha value is -1.10. The Bertz CT molecular complexity index is 299. The van der Waals surface area contributed by atoms with Crippen LogP contribution < -0.4 is 5.32 Å². The van der Waals surface area contributed by atoms with Gasteiger partial charge >= 0.3 is 5.97 Å². The van der Waals surface area contributed by atoms with Crippen molar-refractivity contribution in [3.63, 3.8) is 0 Å². The first-order valence-corrected chi connectivity index (χ1v) is 7.85. The molecule has 2 N–H and O–H groups in total. The van der Waals surface area contributed by atoms with Gasteiger partial charge < -0.3 is 10.4 Å². The molecule has 0 aliphatic heterocycles. The molecule has 0 unspecified atom stereocenters. The molecule has 5 heteroatoms. The first-order chi connectivity index (χ1) is 9.61. The van der Waals surface area contributed by atoms with Crippen molar-refractivity contribution < 1.29 is 14.7 Å². The van der Waals surface area contributed by atoms with E-state index in [0.29, 0.717) is 6.54 Å². The van der Waals surface area contributed by atoms with Crippen LogP contribution in [0.5, 0.6) is 0 Å². The third-order valence-corrected chi connectivity index (χ3v) is 3.74. The van der Waals surface area contributed by atoms with Gasteiger partial charge in [0.1, 0.15) is 0 Å². The zero-order valence-electron chi connectivity index (χ0n) is 12.6. The molecule has 5 nitrogen and oxygen atoms in total. The van der Waals surface area contributed by atoms with Gasteiger partial charge in [0.05, 0.1) is 13.1 Å². The predicted octanol–water partition coefficient (Wildman–Crippen LogP) is 2.01. The summed E-state index contributed by atoms with van der Waals surface area (Å²) in [7, 11) is 0. The molecule has 1 amide bonds. The monoisotopic (exact) mass is 284 g/mol. The Morgan fingerprint density at radius 3 is 2.25 bits per heavy atom. The average Bonchev–Trinajstić information content (AvgIpc) is 2.31. The van der Waals surface area contributed by atoms with Gasteiger partial charge in [-0.2, -0.15) is 0 Å². The van der Waals surface area contributed by atoms with E-state index < -0.39 is 5.97 Å². The smallest absolute Gasteiger partial charge is 0.317 e. The minimum atomic E-state index is -0.878. The first kappa shape index (κ1) is 17.0. The fourth-order valence-corrected chi connectivity index (χ4v) is 2.80. The van der Waals surface area contributed by atoms with E-state index in [-0.39, 0.29) is 25.0 Å². The molecule has 1 saturated carbocycles. The zero-order chi connectivity index (χ0) is 14.8. The number of amides is 1. The van der Waals surface area contributed by atoms with Gasteiger partial charge in [-0.25, -0.2) is 0 Å². The van der Waals surface area contributed by atoms with E-state index in [1.807, 2.05) is 6.92 Å². The van der Waals surface area contributed by atoms with Gasteiger partial charge in [-0.1, -0.05) is 39.0 Å². The van der Waals surface area contributed by atoms with E-state index in [0.717, 1.165) is 19.3 Å². The Kier molecular flexibility index (Phi) is 8.26. The summed E-state index contributed by atoms with van der Waals surface area (Å²) in [6.07, 6.45) is 9.14.